The smallest absolute Gasteiger partial charge is 0.409 e. The summed E-state index contributed by atoms with van der Waals surface area (Å²) in [5.41, 5.74) is 1.55. The third-order valence-corrected chi connectivity index (χ3v) is 6.92. The van der Waals surface area contributed by atoms with E-state index in [9.17, 15) is 9.59 Å². The maximum absolute atomic E-state index is 13.1. The molecule has 1 spiro atoms. The highest BCUT2D eigenvalue weighted by molar-refractivity contribution is 7.15. The van der Waals surface area contributed by atoms with Crippen LogP contribution in [0.5, 0.6) is 0 Å². The molecule has 1 aliphatic carbocycles. The second-order valence-corrected chi connectivity index (χ2v) is 9.14. The molecule has 3 aliphatic rings. The molecule has 1 aromatic heterocycles. The molecule has 0 aromatic carbocycles. The van der Waals surface area contributed by atoms with E-state index >= 15 is 0 Å². The zero-order chi connectivity index (χ0) is 20.6. The Morgan fingerprint density at radius 3 is 3.07 bits per heavy atom. The molecule has 10 heteroatoms. The predicted molar refractivity (Wildman–Crippen MR) is 110 cm³/mol. The average Bonchev–Trinajstić information content (AvgIpc) is 3.41. The first-order valence-corrected chi connectivity index (χ1v) is 10.7. The van der Waals surface area contributed by atoms with E-state index in [2.05, 4.69) is 10.3 Å². The Balaban J connectivity index is 1.56. The summed E-state index contributed by atoms with van der Waals surface area (Å²) in [4.78, 5) is 33.6. The van der Waals surface area contributed by atoms with Gasteiger partial charge in [0.25, 0.3) is 0 Å². The number of hydrogen-bond donors (Lipinski definition) is 2. The van der Waals surface area contributed by atoms with Crippen molar-refractivity contribution in [3.63, 3.8) is 0 Å². The fourth-order valence-corrected chi connectivity index (χ4v) is 5.29. The number of thiazole rings is 1. The van der Waals surface area contributed by atoms with E-state index < -0.39 is 0 Å². The molecule has 2 unspecified atom stereocenters. The van der Waals surface area contributed by atoms with Gasteiger partial charge in [-0.2, -0.15) is 0 Å². The van der Waals surface area contributed by atoms with E-state index in [4.69, 9.17) is 21.4 Å². The minimum atomic E-state index is -0.353. The molecule has 0 saturated carbocycles. The lowest BCUT2D eigenvalue weighted by molar-refractivity contribution is 0.129. The molecule has 2 saturated heterocycles. The van der Waals surface area contributed by atoms with Crippen LogP contribution in [0.4, 0.5) is 14.7 Å². The number of fused-ring (bicyclic) bond motifs is 2. The SMILES string of the molecule is COC(=O)N1CCC2(C1)CN(C(=O)Nc1ncc(CCO)s1)C1=CCC(Cl)C=C12. The fourth-order valence-electron chi connectivity index (χ4n) is 4.28. The second-order valence-electron chi connectivity index (χ2n) is 7.46. The largest absolute Gasteiger partial charge is 0.453 e. The molecule has 2 fully saturated rings. The van der Waals surface area contributed by atoms with Crippen LogP contribution in [0.3, 0.4) is 0 Å². The number of amides is 3. The van der Waals surface area contributed by atoms with Crippen LogP contribution in [0.25, 0.3) is 0 Å². The van der Waals surface area contributed by atoms with Crippen LogP contribution in [-0.4, -0.2) is 70.7 Å². The number of aliphatic hydroxyl groups is 1. The van der Waals surface area contributed by atoms with Gasteiger partial charge in [-0.1, -0.05) is 12.2 Å². The van der Waals surface area contributed by atoms with Gasteiger partial charge in [0, 0.05) is 54.8 Å². The van der Waals surface area contributed by atoms with Gasteiger partial charge in [0.1, 0.15) is 0 Å². The van der Waals surface area contributed by atoms with Gasteiger partial charge in [-0.3, -0.25) is 10.2 Å². The van der Waals surface area contributed by atoms with Crippen molar-refractivity contribution in [2.24, 2.45) is 5.41 Å². The number of nitrogens with one attached hydrogen (secondary N) is 1. The predicted octanol–water partition coefficient (Wildman–Crippen LogP) is 2.81. The number of urea groups is 1. The molecular formula is C19H23ClN4O4S. The zero-order valence-electron chi connectivity index (χ0n) is 16.1. The second kappa shape index (κ2) is 7.97. The van der Waals surface area contributed by atoms with Gasteiger partial charge in [-0.25, -0.2) is 14.6 Å². The van der Waals surface area contributed by atoms with Gasteiger partial charge in [0.15, 0.2) is 5.13 Å². The number of carbonyl (C=O) groups excluding carboxylic acids is 2. The third kappa shape index (κ3) is 3.74. The van der Waals surface area contributed by atoms with Crippen molar-refractivity contribution in [3.8, 4) is 0 Å². The number of allylic oxidation sites excluding steroid dienone is 3. The normalized spacial score (nSPS) is 25.7. The number of hydrogen-bond acceptors (Lipinski definition) is 6. The summed E-state index contributed by atoms with van der Waals surface area (Å²) in [6.45, 7) is 1.59. The standard InChI is InChI=1S/C19H23ClN4O4S/c1-28-18(27)23-6-5-19(10-23)11-24(15-3-2-12(20)8-14(15)19)17(26)22-16-21-9-13(29-16)4-7-25/h3,8-9,12,25H,2,4-7,10-11H2,1H3,(H,21,22,26). The zero-order valence-corrected chi connectivity index (χ0v) is 17.6. The Hall–Kier alpha value is -2.10. The number of alkyl halides is 1. The van der Waals surface area contributed by atoms with E-state index in [0.29, 0.717) is 37.6 Å². The Kier molecular flexibility index (Phi) is 5.54. The number of anilines is 1. The maximum Gasteiger partial charge on any atom is 0.409 e. The lowest BCUT2D eigenvalue weighted by Crippen LogP contribution is -2.37. The molecule has 1 aromatic rings. The summed E-state index contributed by atoms with van der Waals surface area (Å²) >= 11 is 7.74. The Labute approximate surface area is 177 Å². The van der Waals surface area contributed by atoms with Crippen molar-refractivity contribution >= 4 is 40.2 Å². The summed E-state index contributed by atoms with van der Waals surface area (Å²) in [7, 11) is 1.38. The first kappa shape index (κ1) is 20.2. The van der Waals surface area contributed by atoms with Crippen molar-refractivity contribution in [3.05, 3.63) is 34.5 Å². The highest BCUT2D eigenvalue weighted by Crippen LogP contribution is 2.50. The Morgan fingerprint density at radius 1 is 1.48 bits per heavy atom. The number of nitrogens with zero attached hydrogens (tertiary/aromatic N) is 3. The molecule has 3 heterocycles. The van der Waals surface area contributed by atoms with Crippen LogP contribution in [0.1, 0.15) is 17.7 Å². The molecule has 0 radical (unpaired) electrons. The van der Waals surface area contributed by atoms with Crippen molar-refractivity contribution in [1.29, 1.82) is 0 Å². The molecule has 2 aliphatic heterocycles. The van der Waals surface area contributed by atoms with E-state index in [0.717, 1.165) is 22.6 Å². The monoisotopic (exact) mass is 438 g/mol. The number of methoxy groups -OCH3 is 1. The molecular weight excluding hydrogens is 416 g/mol. The quantitative estimate of drug-likeness (QED) is 0.707. The summed E-state index contributed by atoms with van der Waals surface area (Å²) in [6, 6.07) is -0.256. The highest BCUT2D eigenvalue weighted by Gasteiger charge is 2.52. The molecule has 29 heavy (non-hydrogen) atoms. The molecule has 2 atom stereocenters. The number of likely N-dealkylation sites (tertiary alicyclic amines) is 2. The van der Waals surface area contributed by atoms with Gasteiger partial charge in [0.2, 0.25) is 0 Å². The highest BCUT2D eigenvalue weighted by atomic mass is 35.5. The van der Waals surface area contributed by atoms with E-state index in [1.54, 1.807) is 16.0 Å². The van der Waals surface area contributed by atoms with E-state index in [1.165, 1.54) is 18.4 Å². The summed E-state index contributed by atoms with van der Waals surface area (Å²) in [6.07, 6.45) is 7.24. The summed E-state index contributed by atoms with van der Waals surface area (Å²) in [5, 5.41) is 12.3. The number of carbonyl (C=O) groups is 2. The van der Waals surface area contributed by atoms with Crippen LogP contribution in [-0.2, 0) is 11.2 Å². The van der Waals surface area contributed by atoms with Crippen LogP contribution in [0.15, 0.2) is 29.6 Å². The van der Waals surface area contributed by atoms with Gasteiger partial charge in [0.05, 0.1) is 12.5 Å². The van der Waals surface area contributed by atoms with Crippen molar-refractivity contribution in [1.82, 2.24) is 14.8 Å². The van der Waals surface area contributed by atoms with Crippen molar-refractivity contribution in [2.45, 2.75) is 24.6 Å². The molecule has 4 rings (SSSR count). The summed E-state index contributed by atoms with van der Waals surface area (Å²) in [5.74, 6) is 0. The topological polar surface area (TPSA) is 95.0 Å². The molecule has 8 nitrogen and oxygen atoms in total. The van der Waals surface area contributed by atoms with Crippen LogP contribution < -0.4 is 5.32 Å². The Bertz CT molecular complexity index is 885. The number of halogens is 1. The minimum Gasteiger partial charge on any atom is -0.453 e. The molecule has 0 bridgehead atoms. The van der Waals surface area contributed by atoms with Crippen LogP contribution in [0, 0.1) is 5.41 Å². The van der Waals surface area contributed by atoms with Gasteiger partial charge < -0.3 is 14.7 Å². The Morgan fingerprint density at radius 2 is 2.31 bits per heavy atom. The number of rotatable bonds is 3. The van der Waals surface area contributed by atoms with Crippen LogP contribution >= 0.6 is 22.9 Å². The summed E-state index contributed by atoms with van der Waals surface area (Å²) < 4.78 is 4.88. The minimum absolute atomic E-state index is 0.0432. The lowest BCUT2D eigenvalue weighted by Gasteiger charge is -2.26. The molecule has 3 amide bonds. The van der Waals surface area contributed by atoms with Gasteiger partial charge in [-0.15, -0.1) is 22.9 Å². The lowest BCUT2D eigenvalue weighted by atomic mass is 9.79. The average molecular weight is 439 g/mol. The third-order valence-electron chi connectivity index (χ3n) is 5.64. The van der Waals surface area contributed by atoms with Crippen LogP contribution in [0.2, 0.25) is 0 Å². The number of aromatic nitrogens is 1. The van der Waals surface area contributed by atoms with E-state index in [-0.39, 0.29) is 29.5 Å². The van der Waals surface area contributed by atoms with Crippen molar-refractivity contribution < 1.29 is 19.4 Å². The molecule has 2 N–H and O–H groups in total. The first-order valence-electron chi connectivity index (χ1n) is 9.49. The number of aliphatic hydroxyl groups excluding tert-OH is 1. The van der Waals surface area contributed by atoms with Gasteiger partial charge in [-0.05, 0) is 18.4 Å². The number of ether oxygens (including phenoxy) is 1. The van der Waals surface area contributed by atoms with Crippen molar-refractivity contribution in [2.75, 3.05) is 38.7 Å². The molecule has 156 valence electrons. The maximum atomic E-state index is 13.1. The first-order chi connectivity index (χ1) is 14.0. The van der Waals surface area contributed by atoms with Gasteiger partial charge >= 0.3 is 12.1 Å². The van der Waals surface area contributed by atoms with E-state index in [1.807, 2.05) is 12.2 Å². The fraction of sp³-hybridized carbons (Fsp3) is 0.526.